The van der Waals surface area contributed by atoms with Crippen molar-refractivity contribution in [1.82, 2.24) is 10.2 Å². The maximum atomic E-state index is 12.1. The van der Waals surface area contributed by atoms with Gasteiger partial charge in [0, 0.05) is 12.6 Å². The second kappa shape index (κ2) is 5.78. The van der Waals surface area contributed by atoms with Crippen LogP contribution in [0.2, 0.25) is 0 Å². The fraction of sp³-hybridized carbons (Fsp3) is 0.833. The molecule has 5 heteroatoms. The lowest BCUT2D eigenvalue weighted by atomic mass is 9.91. The van der Waals surface area contributed by atoms with Crippen LogP contribution in [0.25, 0.3) is 0 Å². The molecule has 0 bridgehead atoms. The van der Waals surface area contributed by atoms with Gasteiger partial charge in [-0.3, -0.25) is 4.79 Å². The Hall–Kier alpha value is -0.680. The van der Waals surface area contributed by atoms with Crippen LogP contribution in [0.4, 0.5) is 0 Å². The Kier molecular flexibility index (Phi) is 4.89. The fourth-order valence-electron chi connectivity index (χ4n) is 1.94. The minimum absolute atomic E-state index is 0.0621. The van der Waals surface area contributed by atoms with Gasteiger partial charge in [-0.1, -0.05) is 19.1 Å². The standard InChI is InChI=1S/C12H23N3OS/c1-4-15-7-5-6-9(8-15)14-11(16)12(2,3)10(13)17/h9H,4-8H2,1-3H3,(H2,13,17)(H,14,16). The Morgan fingerprint density at radius 3 is 2.76 bits per heavy atom. The molecule has 0 saturated carbocycles. The van der Waals surface area contributed by atoms with Crippen LogP contribution in [-0.2, 0) is 4.79 Å². The maximum Gasteiger partial charge on any atom is 0.232 e. The monoisotopic (exact) mass is 257 g/mol. The minimum atomic E-state index is -0.760. The average molecular weight is 257 g/mol. The molecule has 1 atom stereocenters. The van der Waals surface area contributed by atoms with Crippen LogP contribution in [0, 0.1) is 5.41 Å². The summed E-state index contributed by atoms with van der Waals surface area (Å²) in [5.41, 5.74) is 4.83. The molecule has 1 amide bonds. The summed E-state index contributed by atoms with van der Waals surface area (Å²) >= 11 is 4.93. The van der Waals surface area contributed by atoms with E-state index in [-0.39, 0.29) is 16.9 Å². The van der Waals surface area contributed by atoms with E-state index in [9.17, 15) is 4.79 Å². The third-order valence-corrected chi connectivity index (χ3v) is 3.98. The molecular weight excluding hydrogens is 234 g/mol. The van der Waals surface area contributed by atoms with Gasteiger partial charge in [0.2, 0.25) is 5.91 Å². The summed E-state index contributed by atoms with van der Waals surface area (Å²) in [6.45, 7) is 8.77. The van der Waals surface area contributed by atoms with Crippen LogP contribution in [0.5, 0.6) is 0 Å². The zero-order valence-electron chi connectivity index (χ0n) is 11.0. The summed E-state index contributed by atoms with van der Waals surface area (Å²) in [7, 11) is 0. The van der Waals surface area contributed by atoms with E-state index in [1.807, 2.05) is 0 Å². The average Bonchev–Trinajstić information content (AvgIpc) is 2.29. The van der Waals surface area contributed by atoms with Gasteiger partial charge < -0.3 is 16.0 Å². The first-order valence-electron chi connectivity index (χ1n) is 6.21. The van der Waals surface area contributed by atoms with Gasteiger partial charge in [0.25, 0.3) is 0 Å². The topological polar surface area (TPSA) is 58.4 Å². The summed E-state index contributed by atoms with van der Waals surface area (Å²) in [6, 6.07) is 0.227. The number of likely N-dealkylation sites (N-methyl/N-ethyl adjacent to an activating group) is 1. The van der Waals surface area contributed by atoms with Crippen LogP contribution in [0.15, 0.2) is 0 Å². The number of hydrogen-bond acceptors (Lipinski definition) is 3. The second-order valence-electron chi connectivity index (χ2n) is 5.20. The largest absolute Gasteiger partial charge is 0.392 e. The number of carbonyl (C=O) groups excluding carboxylic acids is 1. The number of rotatable bonds is 4. The van der Waals surface area contributed by atoms with Gasteiger partial charge in [-0.05, 0) is 39.8 Å². The first-order chi connectivity index (χ1) is 7.87. The molecule has 17 heavy (non-hydrogen) atoms. The highest BCUT2D eigenvalue weighted by molar-refractivity contribution is 7.80. The normalized spacial score (nSPS) is 22.2. The molecule has 0 radical (unpaired) electrons. The van der Waals surface area contributed by atoms with Gasteiger partial charge in [0.05, 0.1) is 10.4 Å². The molecule has 1 heterocycles. The lowest BCUT2D eigenvalue weighted by molar-refractivity contribution is -0.127. The Balaban J connectivity index is 2.54. The summed E-state index contributed by atoms with van der Waals surface area (Å²) in [5, 5.41) is 3.06. The van der Waals surface area contributed by atoms with E-state index >= 15 is 0 Å². The molecule has 0 aromatic heterocycles. The molecule has 1 unspecified atom stereocenters. The maximum absolute atomic E-state index is 12.1. The SMILES string of the molecule is CCN1CCCC(NC(=O)C(C)(C)C(N)=S)C1. The van der Waals surface area contributed by atoms with Gasteiger partial charge in [-0.2, -0.15) is 0 Å². The lowest BCUT2D eigenvalue weighted by Crippen LogP contribution is -2.53. The Bertz CT molecular complexity index is 304. The zero-order valence-corrected chi connectivity index (χ0v) is 11.8. The smallest absolute Gasteiger partial charge is 0.232 e. The van der Waals surface area contributed by atoms with Crippen molar-refractivity contribution >= 4 is 23.1 Å². The highest BCUT2D eigenvalue weighted by Crippen LogP contribution is 2.17. The van der Waals surface area contributed by atoms with E-state index in [0.29, 0.717) is 0 Å². The molecule has 3 N–H and O–H groups in total. The number of nitrogens with one attached hydrogen (secondary N) is 1. The zero-order chi connectivity index (χ0) is 13.1. The number of hydrogen-bond donors (Lipinski definition) is 2. The summed E-state index contributed by atoms with van der Waals surface area (Å²) in [5.74, 6) is -0.0621. The quantitative estimate of drug-likeness (QED) is 0.735. The van der Waals surface area contributed by atoms with Crippen molar-refractivity contribution in [2.24, 2.45) is 11.1 Å². The molecule has 0 spiro atoms. The number of nitrogens with two attached hydrogens (primary N) is 1. The van der Waals surface area contributed by atoms with Gasteiger partial charge >= 0.3 is 0 Å². The second-order valence-corrected chi connectivity index (χ2v) is 5.63. The Morgan fingerprint density at radius 2 is 2.24 bits per heavy atom. The van der Waals surface area contributed by atoms with Crippen molar-refractivity contribution in [2.45, 2.75) is 39.7 Å². The van der Waals surface area contributed by atoms with Crippen molar-refractivity contribution in [3.8, 4) is 0 Å². The number of likely N-dealkylation sites (tertiary alicyclic amines) is 1. The first-order valence-corrected chi connectivity index (χ1v) is 6.62. The molecule has 1 aliphatic heterocycles. The van der Waals surface area contributed by atoms with Gasteiger partial charge in [-0.25, -0.2) is 0 Å². The van der Waals surface area contributed by atoms with Crippen molar-refractivity contribution in [3.63, 3.8) is 0 Å². The summed E-state index contributed by atoms with van der Waals surface area (Å²) in [6.07, 6.45) is 2.17. The van der Waals surface area contributed by atoms with Crippen LogP contribution in [0.3, 0.4) is 0 Å². The number of amides is 1. The Labute approximate surface area is 109 Å². The fourth-order valence-corrected chi connectivity index (χ4v) is 2.03. The predicted octanol–water partition coefficient (Wildman–Crippen LogP) is 0.899. The van der Waals surface area contributed by atoms with Crippen LogP contribution < -0.4 is 11.1 Å². The number of piperidine rings is 1. The van der Waals surface area contributed by atoms with E-state index in [1.165, 1.54) is 0 Å². The van der Waals surface area contributed by atoms with E-state index in [4.69, 9.17) is 18.0 Å². The van der Waals surface area contributed by atoms with Crippen molar-refractivity contribution in [3.05, 3.63) is 0 Å². The third kappa shape index (κ3) is 3.64. The molecule has 1 saturated heterocycles. The van der Waals surface area contributed by atoms with Crippen LogP contribution >= 0.6 is 12.2 Å². The lowest BCUT2D eigenvalue weighted by Gasteiger charge is -2.34. The van der Waals surface area contributed by atoms with Crippen LogP contribution in [-0.4, -0.2) is 41.5 Å². The number of carbonyl (C=O) groups is 1. The van der Waals surface area contributed by atoms with Gasteiger partial charge in [-0.15, -0.1) is 0 Å². The molecule has 4 nitrogen and oxygen atoms in total. The molecule has 98 valence electrons. The molecule has 1 fully saturated rings. The van der Waals surface area contributed by atoms with Crippen molar-refractivity contribution < 1.29 is 4.79 Å². The van der Waals surface area contributed by atoms with Crippen LogP contribution in [0.1, 0.15) is 33.6 Å². The van der Waals surface area contributed by atoms with Crippen molar-refractivity contribution in [1.29, 1.82) is 0 Å². The van der Waals surface area contributed by atoms with E-state index in [2.05, 4.69) is 17.1 Å². The van der Waals surface area contributed by atoms with Gasteiger partial charge in [0.1, 0.15) is 0 Å². The molecule has 0 aliphatic carbocycles. The van der Waals surface area contributed by atoms with E-state index in [1.54, 1.807) is 13.8 Å². The molecular formula is C12H23N3OS. The summed E-state index contributed by atoms with van der Waals surface area (Å²) in [4.78, 5) is 14.7. The number of thiocarbonyl (C=S) groups is 1. The Morgan fingerprint density at radius 1 is 1.59 bits per heavy atom. The third-order valence-electron chi connectivity index (χ3n) is 3.47. The molecule has 1 aliphatic rings. The van der Waals surface area contributed by atoms with Crippen molar-refractivity contribution in [2.75, 3.05) is 19.6 Å². The first kappa shape index (κ1) is 14.4. The molecule has 1 rings (SSSR count). The van der Waals surface area contributed by atoms with E-state index in [0.717, 1.165) is 32.5 Å². The minimum Gasteiger partial charge on any atom is -0.392 e. The molecule has 0 aromatic carbocycles. The summed E-state index contributed by atoms with van der Waals surface area (Å²) < 4.78 is 0. The number of nitrogens with zero attached hydrogens (tertiary/aromatic N) is 1. The predicted molar refractivity (Wildman–Crippen MR) is 73.8 cm³/mol. The van der Waals surface area contributed by atoms with E-state index < -0.39 is 5.41 Å². The molecule has 0 aromatic rings. The van der Waals surface area contributed by atoms with Gasteiger partial charge in [0.15, 0.2) is 0 Å². The highest BCUT2D eigenvalue weighted by Gasteiger charge is 2.33. The highest BCUT2D eigenvalue weighted by atomic mass is 32.1.